The van der Waals surface area contributed by atoms with Gasteiger partial charge in [0.05, 0.1) is 21.4 Å². The number of amides is 1. The molecule has 112 valence electrons. The van der Waals surface area contributed by atoms with Crippen LogP contribution in [0.5, 0.6) is 0 Å². The first-order chi connectivity index (χ1) is 9.92. The minimum atomic E-state index is -0.528. The average Bonchev–Trinajstić information content (AvgIpc) is 2.80. The van der Waals surface area contributed by atoms with Crippen LogP contribution in [0.1, 0.15) is 27.2 Å². The molecular formula is C15H18N2O2S2. The summed E-state index contributed by atoms with van der Waals surface area (Å²) in [6, 6.07) is 7.68. The van der Waals surface area contributed by atoms with Crippen molar-refractivity contribution in [3.05, 3.63) is 24.3 Å². The van der Waals surface area contributed by atoms with Crippen LogP contribution in [0.4, 0.5) is 5.13 Å². The standard InChI is InChI=1S/C15H18N2O2S2/c1-4-20-15(2,3)12(18)9-13(19)17-14-16-10-7-5-6-8-11(10)21-14/h5-8H,4,9H2,1-3H3,(H,16,17,19). The number of anilines is 1. The topological polar surface area (TPSA) is 59.1 Å². The number of benzene rings is 1. The van der Waals surface area contributed by atoms with Crippen molar-refractivity contribution in [3.8, 4) is 0 Å². The number of hydrogen-bond acceptors (Lipinski definition) is 5. The lowest BCUT2D eigenvalue weighted by atomic mass is 10.1. The van der Waals surface area contributed by atoms with E-state index in [9.17, 15) is 9.59 Å². The molecule has 0 radical (unpaired) electrons. The number of Topliss-reactive ketones (excluding diaryl/α,β-unsaturated/α-hetero) is 1. The van der Waals surface area contributed by atoms with E-state index < -0.39 is 4.75 Å². The SMILES string of the molecule is CCSC(C)(C)C(=O)CC(=O)Nc1nc2ccccc2s1. The second kappa shape index (κ2) is 6.58. The highest BCUT2D eigenvalue weighted by atomic mass is 32.2. The number of hydrogen-bond donors (Lipinski definition) is 1. The predicted octanol–water partition coefficient (Wildman–Crippen LogP) is 3.73. The Hall–Kier alpha value is -1.40. The molecule has 0 atom stereocenters. The Bertz CT molecular complexity index is 631. The molecule has 0 aliphatic heterocycles. The predicted molar refractivity (Wildman–Crippen MR) is 90.1 cm³/mol. The number of thioether (sulfide) groups is 1. The van der Waals surface area contributed by atoms with Gasteiger partial charge >= 0.3 is 0 Å². The monoisotopic (exact) mass is 322 g/mol. The van der Waals surface area contributed by atoms with Gasteiger partial charge in [-0.25, -0.2) is 4.98 Å². The molecule has 0 aliphatic rings. The molecule has 1 heterocycles. The molecule has 4 nitrogen and oxygen atoms in total. The van der Waals surface area contributed by atoms with Crippen LogP contribution in [-0.2, 0) is 9.59 Å². The van der Waals surface area contributed by atoms with E-state index in [-0.39, 0.29) is 18.1 Å². The lowest BCUT2D eigenvalue weighted by Gasteiger charge is -2.21. The Labute approximate surface area is 132 Å². The van der Waals surface area contributed by atoms with Crippen LogP contribution in [-0.4, -0.2) is 27.2 Å². The van der Waals surface area contributed by atoms with Gasteiger partial charge in [-0.05, 0) is 31.7 Å². The van der Waals surface area contributed by atoms with Gasteiger partial charge in [0, 0.05) is 0 Å². The van der Waals surface area contributed by atoms with Gasteiger partial charge in [-0.2, -0.15) is 0 Å². The fraction of sp³-hybridized carbons (Fsp3) is 0.400. The number of fused-ring (bicyclic) bond motifs is 1. The summed E-state index contributed by atoms with van der Waals surface area (Å²) in [6.45, 7) is 5.71. The number of para-hydroxylation sites is 1. The molecule has 1 aromatic heterocycles. The number of aromatic nitrogens is 1. The molecule has 1 amide bonds. The number of carbonyl (C=O) groups is 2. The molecule has 1 aromatic carbocycles. The van der Waals surface area contributed by atoms with Crippen molar-refractivity contribution in [1.29, 1.82) is 0 Å². The molecular weight excluding hydrogens is 304 g/mol. The highest BCUT2D eigenvalue weighted by Gasteiger charge is 2.29. The first kappa shape index (κ1) is 16.0. The van der Waals surface area contributed by atoms with E-state index in [4.69, 9.17) is 0 Å². The van der Waals surface area contributed by atoms with Crippen LogP contribution in [0.25, 0.3) is 10.2 Å². The highest BCUT2D eigenvalue weighted by molar-refractivity contribution is 8.01. The van der Waals surface area contributed by atoms with Crippen molar-refractivity contribution >= 4 is 50.1 Å². The minimum Gasteiger partial charge on any atom is -0.302 e. The van der Waals surface area contributed by atoms with Crippen molar-refractivity contribution in [1.82, 2.24) is 4.98 Å². The molecule has 0 saturated carbocycles. The quantitative estimate of drug-likeness (QED) is 0.823. The normalized spacial score (nSPS) is 11.6. The number of nitrogens with one attached hydrogen (secondary N) is 1. The molecule has 6 heteroatoms. The van der Waals surface area contributed by atoms with Gasteiger partial charge in [-0.1, -0.05) is 30.4 Å². The largest absolute Gasteiger partial charge is 0.302 e. The summed E-state index contributed by atoms with van der Waals surface area (Å²) in [5, 5.41) is 3.25. The third-order valence-electron chi connectivity index (χ3n) is 3.04. The second-order valence-corrected chi connectivity index (χ2v) is 8.00. The summed E-state index contributed by atoms with van der Waals surface area (Å²) in [5.74, 6) is 0.481. The van der Waals surface area contributed by atoms with Crippen molar-refractivity contribution in [3.63, 3.8) is 0 Å². The molecule has 1 N–H and O–H groups in total. The van der Waals surface area contributed by atoms with E-state index in [0.29, 0.717) is 5.13 Å². The van der Waals surface area contributed by atoms with Gasteiger partial charge in [0.25, 0.3) is 0 Å². The van der Waals surface area contributed by atoms with Crippen molar-refractivity contribution < 1.29 is 9.59 Å². The van der Waals surface area contributed by atoms with E-state index >= 15 is 0 Å². The minimum absolute atomic E-state index is 0.0621. The van der Waals surface area contributed by atoms with E-state index in [2.05, 4.69) is 10.3 Å². The Morgan fingerprint density at radius 2 is 2.05 bits per heavy atom. The third-order valence-corrected chi connectivity index (χ3v) is 5.23. The summed E-state index contributed by atoms with van der Waals surface area (Å²) in [7, 11) is 0. The fourth-order valence-electron chi connectivity index (χ4n) is 1.89. The summed E-state index contributed by atoms with van der Waals surface area (Å²) in [6.07, 6.45) is -0.115. The van der Waals surface area contributed by atoms with E-state index in [0.717, 1.165) is 16.0 Å². The molecule has 0 bridgehead atoms. The first-order valence-electron chi connectivity index (χ1n) is 6.75. The molecule has 0 fully saturated rings. The van der Waals surface area contributed by atoms with Gasteiger partial charge in [-0.15, -0.1) is 11.8 Å². The van der Waals surface area contributed by atoms with E-state index in [1.807, 2.05) is 45.0 Å². The second-order valence-electron chi connectivity index (χ2n) is 5.08. The van der Waals surface area contributed by atoms with Crippen LogP contribution in [0.2, 0.25) is 0 Å². The zero-order chi connectivity index (χ0) is 15.5. The third kappa shape index (κ3) is 4.04. The molecule has 0 unspecified atom stereocenters. The molecule has 0 aliphatic carbocycles. The number of thiazole rings is 1. The lowest BCUT2D eigenvalue weighted by molar-refractivity contribution is -0.126. The molecule has 0 spiro atoms. The zero-order valence-corrected chi connectivity index (χ0v) is 13.9. The number of rotatable bonds is 6. The van der Waals surface area contributed by atoms with Crippen LogP contribution in [0, 0.1) is 0 Å². The molecule has 0 saturated heterocycles. The van der Waals surface area contributed by atoms with Gasteiger partial charge in [-0.3, -0.25) is 9.59 Å². The summed E-state index contributed by atoms with van der Waals surface area (Å²) in [4.78, 5) is 28.4. The van der Waals surface area contributed by atoms with Gasteiger partial charge in [0.15, 0.2) is 10.9 Å². The maximum absolute atomic E-state index is 12.1. The van der Waals surface area contributed by atoms with Gasteiger partial charge in [0.1, 0.15) is 0 Å². The average molecular weight is 322 g/mol. The van der Waals surface area contributed by atoms with Crippen molar-refractivity contribution in [2.45, 2.75) is 31.9 Å². The van der Waals surface area contributed by atoms with E-state index in [1.165, 1.54) is 11.3 Å². The van der Waals surface area contributed by atoms with Crippen LogP contribution in [0.3, 0.4) is 0 Å². The molecule has 2 aromatic rings. The smallest absolute Gasteiger partial charge is 0.233 e. The maximum Gasteiger partial charge on any atom is 0.233 e. The van der Waals surface area contributed by atoms with Crippen LogP contribution < -0.4 is 5.32 Å². The van der Waals surface area contributed by atoms with Crippen LogP contribution >= 0.6 is 23.1 Å². The molecule has 21 heavy (non-hydrogen) atoms. The summed E-state index contributed by atoms with van der Waals surface area (Å²) >= 11 is 2.96. The number of nitrogens with zero attached hydrogens (tertiary/aromatic N) is 1. The highest BCUT2D eigenvalue weighted by Crippen LogP contribution is 2.28. The Morgan fingerprint density at radius 3 is 2.71 bits per heavy atom. The Morgan fingerprint density at radius 1 is 1.33 bits per heavy atom. The van der Waals surface area contributed by atoms with Gasteiger partial charge in [0.2, 0.25) is 5.91 Å². The van der Waals surface area contributed by atoms with E-state index in [1.54, 1.807) is 11.8 Å². The Kier molecular flexibility index (Phi) is 5.00. The number of carbonyl (C=O) groups excluding carboxylic acids is 2. The zero-order valence-electron chi connectivity index (χ0n) is 12.3. The van der Waals surface area contributed by atoms with Crippen LogP contribution in [0.15, 0.2) is 24.3 Å². The first-order valence-corrected chi connectivity index (χ1v) is 8.55. The Balaban J connectivity index is 2.00. The lowest BCUT2D eigenvalue weighted by Crippen LogP contribution is -2.31. The summed E-state index contributed by atoms with van der Waals surface area (Å²) in [5.41, 5.74) is 0.853. The van der Waals surface area contributed by atoms with Gasteiger partial charge < -0.3 is 5.32 Å². The fourth-order valence-corrected chi connectivity index (χ4v) is 3.73. The van der Waals surface area contributed by atoms with Crippen molar-refractivity contribution in [2.24, 2.45) is 0 Å². The number of ketones is 1. The maximum atomic E-state index is 12.1. The van der Waals surface area contributed by atoms with Crippen molar-refractivity contribution in [2.75, 3.05) is 11.1 Å². The summed E-state index contributed by atoms with van der Waals surface area (Å²) < 4.78 is 0.487. The molecule has 2 rings (SSSR count).